The second-order valence-corrected chi connectivity index (χ2v) is 11.2. The van der Waals surface area contributed by atoms with Crippen LogP contribution in [0.2, 0.25) is 0 Å². The van der Waals surface area contributed by atoms with E-state index in [-0.39, 0.29) is 5.41 Å². The van der Waals surface area contributed by atoms with Gasteiger partial charge >= 0.3 is 0 Å². The molecule has 38 heavy (non-hydrogen) atoms. The number of hydrogen-bond acceptors (Lipinski definition) is 10. The minimum absolute atomic E-state index is 0.0561. The SMILES string of the molecule is COc1cc(OCc2csc(C3(C4=CC=CNC4)CCC3)n2)c2cc(-c3cn4nc(OC)sc4n3)oc2c1. The number of allylic oxidation sites excluding steroid dienone is 2. The number of imidazole rings is 1. The summed E-state index contributed by atoms with van der Waals surface area (Å²) in [5, 5.41) is 12.4. The Morgan fingerprint density at radius 1 is 1.16 bits per heavy atom. The zero-order valence-electron chi connectivity index (χ0n) is 20.9. The van der Waals surface area contributed by atoms with Crippen LogP contribution < -0.4 is 19.5 Å². The second-order valence-electron chi connectivity index (χ2n) is 9.37. The van der Waals surface area contributed by atoms with Crippen molar-refractivity contribution in [3.63, 3.8) is 0 Å². The van der Waals surface area contributed by atoms with E-state index in [0.717, 1.165) is 35.4 Å². The van der Waals surface area contributed by atoms with Gasteiger partial charge < -0.3 is 23.9 Å². The summed E-state index contributed by atoms with van der Waals surface area (Å²) < 4.78 is 24.9. The number of aromatic nitrogens is 4. The number of rotatable bonds is 8. The topological polar surface area (TPSA) is 95.9 Å². The summed E-state index contributed by atoms with van der Waals surface area (Å²) in [5.74, 6) is 1.95. The third-order valence-electron chi connectivity index (χ3n) is 7.22. The van der Waals surface area contributed by atoms with Gasteiger partial charge in [-0.25, -0.2) is 14.5 Å². The van der Waals surface area contributed by atoms with Crippen molar-refractivity contribution in [3.05, 3.63) is 64.4 Å². The fourth-order valence-corrected chi connectivity index (χ4v) is 6.86. The van der Waals surface area contributed by atoms with Crippen LogP contribution in [0.25, 0.3) is 27.4 Å². The van der Waals surface area contributed by atoms with E-state index in [4.69, 9.17) is 23.6 Å². The molecule has 0 amide bonds. The van der Waals surface area contributed by atoms with Crippen molar-refractivity contribution in [3.8, 4) is 28.1 Å². The molecule has 0 bridgehead atoms. The lowest BCUT2D eigenvalue weighted by molar-refractivity contribution is 0.282. The van der Waals surface area contributed by atoms with Gasteiger partial charge in [-0.3, -0.25) is 0 Å². The summed E-state index contributed by atoms with van der Waals surface area (Å²) in [4.78, 5) is 10.4. The number of benzene rings is 1. The van der Waals surface area contributed by atoms with Crippen molar-refractivity contribution < 1.29 is 18.6 Å². The highest BCUT2D eigenvalue weighted by Crippen LogP contribution is 2.50. The fourth-order valence-electron chi connectivity index (χ4n) is 5.07. The van der Waals surface area contributed by atoms with Crippen LogP contribution in [0.4, 0.5) is 0 Å². The van der Waals surface area contributed by atoms with E-state index in [2.05, 4.69) is 32.9 Å². The van der Waals surface area contributed by atoms with E-state index < -0.39 is 0 Å². The summed E-state index contributed by atoms with van der Waals surface area (Å²) in [5.41, 5.74) is 3.74. The molecule has 2 aliphatic rings. The molecule has 4 aromatic heterocycles. The summed E-state index contributed by atoms with van der Waals surface area (Å²) >= 11 is 3.10. The van der Waals surface area contributed by atoms with Gasteiger partial charge in [0.2, 0.25) is 4.96 Å². The Morgan fingerprint density at radius 3 is 2.82 bits per heavy atom. The predicted molar refractivity (Wildman–Crippen MR) is 146 cm³/mol. The van der Waals surface area contributed by atoms with Gasteiger partial charge in [0.25, 0.3) is 5.19 Å². The molecule has 1 aromatic carbocycles. The Balaban J connectivity index is 1.16. The normalized spacial score (nSPS) is 16.3. The Bertz CT molecular complexity index is 1670. The van der Waals surface area contributed by atoms with E-state index in [1.165, 1.54) is 28.3 Å². The standard InChI is InChI=1S/C27H25N5O4S2/c1-33-18-9-21(19-11-23(36-22(19)10-18)20-13-32-25(30-20)38-26(31-32)34-2)35-14-17-15-37-24(29-17)27(6-4-7-27)16-5-3-8-28-12-16/h3,5,8-11,13,15,28H,4,6-7,12,14H2,1-2H3. The minimum Gasteiger partial charge on any atom is -0.496 e. The van der Waals surface area contributed by atoms with E-state index in [0.29, 0.717) is 40.3 Å². The Hall–Kier alpha value is -3.83. The van der Waals surface area contributed by atoms with Crippen LogP contribution in [0.1, 0.15) is 30.0 Å². The second kappa shape index (κ2) is 9.17. The molecular formula is C27H25N5O4S2. The summed E-state index contributed by atoms with van der Waals surface area (Å²) in [6.45, 7) is 1.24. The van der Waals surface area contributed by atoms with Crippen molar-refractivity contribution in [1.29, 1.82) is 0 Å². The maximum atomic E-state index is 6.31. The molecule has 1 aliphatic heterocycles. The molecule has 0 spiro atoms. The zero-order valence-corrected chi connectivity index (χ0v) is 22.5. The molecule has 1 N–H and O–H groups in total. The maximum absolute atomic E-state index is 6.31. The van der Waals surface area contributed by atoms with Crippen LogP contribution in [0, 0.1) is 0 Å². The molecule has 11 heteroatoms. The van der Waals surface area contributed by atoms with E-state index in [1.54, 1.807) is 30.1 Å². The highest BCUT2D eigenvalue weighted by atomic mass is 32.1. The van der Waals surface area contributed by atoms with Crippen molar-refractivity contribution in [2.24, 2.45) is 0 Å². The van der Waals surface area contributed by atoms with Gasteiger partial charge in [-0.15, -0.1) is 16.4 Å². The number of ether oxygens (including phenoxy) is 3. The lowest BCUT2D eigenvalue weighted by Gasteiger charge is -2.43. The van der Waals surface area contributed by atoms with Gasteiger partial charge in [0.05, 0.1) is 31.5 Å². The Labute approximate surface area is 226 Å². The van der Waals surface area contributed by atoms with Crippen molar-refractivity contribution in [2.45, 2.75) is 31.3 Å². The fraction of sp³-hybridized carbons (Fsp3) is 0.296. The molecule has 5 heterocycles. The smallest absolute Gasteiger partial charge is 0.294 e. The van der Waals surface area contributed by atoms with Gasteiger partial charge in [-0.2, -0.15) is 0 Å². The lowest BCUT2D eigenvalue weighted by Crippen LogP contribution is -2.40. The minimum atomic E-state index is 0.0561. The van der Waals surface area contributed by atoms with Gasteiger partial charge in [-0.1, -0.05) is 12.5 Å². The first-order valence-corrected chi connectivity index (χ1v) is 14.0. The highest BCUT2D eigenvalue weighted by molar-refractivity contribution is 7.18. The molecule has 7 rings (SSSR count). The summed E-state index contributed by atoms with van der Waals surface area (Å²) in [6.07, 6.45) is 11.7. The highest BCUT2D eigenvalue weighted by Gasteiger charge is 2.44. The van der Waals surface area contributed by atoms with Crippen LogP contribution in [0.15, 0.2) is 58.1 Å². The first-order chi connectivity index (χ1) is 18.6. The Morgan fingerprint density at radius 2 is 2.08 bits per heavy atom. The zero-order chi connectivity index (χ0) is 25.7. The van der Waals surface area contributed by atoms with E-state index >= 15 is 0 Å². The van der Waals surface area contributed by atoms with Crippen LogP contribution in [0.5, 0.6) is 16.7 Å². The molecule has 0 radical (unpaired) electrons. The summed E-state index contributed by atoms with van der Waals surface area (Å²) in [7, 11) is 3.22. The first kappa shape index (κ1) is 23.3. The number of nitrogens with zero attached hydrogens (tertiary/aromatic N) is 4. The third kappa shape index (κ3) is 3.84. The number of methoxy groups -OCH3 is 2. The molecule has 1 fully saturated rings. The van der Waals surface area contributed by atoms with Crippen LogP contribution in [-0.4, -0.2) is 40.3 Å². The molecule has 0 saturated heterocycles. The average molecular weight is 548 g/mol. The lowest BCUT2D eigenvalue weighted by atomic mass is 9.64. The largest absolute Gasteiger partial charge is 0.496 e. The van der Waals surface area contributed by atoms with Gasteiger partial charge in [0.15, 0.2) is 5.76 Å². The quantitative estimate of drug-likeness (QED) is 0.264. The first-order valence-electron chi connectivity index (χ1n) is 12.3. The van der Waals surface area contributed by atoms with Gasteiger partial charge in [-0.05, 0) is 48.1 Å². The third-order valence-corrected chi connectivity index (χ3v) is 9.20. The number of nitrogens with one attached hydrogen (secondary N) is 1. The maximum Gasteiger partial charge on any atom is 0.294 e. The van der Waals surface area contributed by atoms with Gasteiger partial charge in [0, 0.05) is 29.5 Å². The van der Waals surface area contributed by atoms with Crippen molar-refractivity contribution in [2.75, 3.05) is 20.8 Å². The van der Waals surface area contributed by atoms with E-state index in [9.17, 15) is 0 Å². The average Bonchev–Trinajstić information content (AvgIpc) is 3.70. The molecule has 5 aromatic rings. The molecule has 1 saturated carbocycles. The van der Waals surface area contributed by atoms with Crippen molar-refractivity contribution in [1.82, 2.24) is 24.9 Å². The molecule has 194 valence electrons. The molecular weight excluding hydrogens is 522 g/mol. The molecule has 0 atom stereocenters. The number of fused-ring (bicyclic) bond motifs is 2. The monoisotopic (exact) mass is 547 g/mol. The molecule has 9 nitrogen and oxygen atoms in total. The number of dihydropyridines is 1. The number of furan rings is 1. The van der Waals surface area contributed by atoms with Crippen LogP contribution in [-0.2, 0) is 12.0 Å². The van der Waals surface area contributed by atoms with Crippen molar-refractivity contribution >= 4 is 38.6 Å². The van der Waals surface area contributed by atoms with Crippen LogP contribution >= 0.6 is 22.7 Å². The number of hydrogen-bond donors (Lipinski definition) is 1. The number of thiazole rings is 1. The van der Waals surface area contributed by atoms with E-state index in [1.807, 2.05) is 30.6 Å². The molecule has 1 aliphatic carbocycles. The van der Waals surface area contributed by atoms with Crippen LogP contribution in [0.3, 0.4) is 0 Å². The Kier molecular flexibility index (Phi) is 5.62. The summed E-state index contributed by atoms with van der Waals surface area (Å²) in [6, 6.07) is 5.68. The van der Waals surface area contributed by atoms with Gasteiger partial charge in [0.1, 0.15) is 34.4 Å². The predicted octanol–water partition coefficient (Wildman–Crippen LogP) is 5.72. The molecule has 0 unspecified atom stereocenters.